The number of fused-ring (bicyclic) bond motifs is 1. The summed E-state index contributed by atoms with van der Waals surface area (Å²) < 4.78 is 0.816. The van der Waals surface area contributed by atoms with Gasteiger partial charge in [-0.2, -0.15) is 0 Å². The van der Waals surface area contributed by atoms with Crippen molar-refractivity contribution in [3.8, 4) is 0 Å². The van der Waals surface area contributed by atoms with E-state index in [4.69, 9.17) is 0 Å². The second kappa shape index (κ2) is 5.77. The molecule has 2 aromatic carbocycles. The van der Waals surface area contributed by atoms with Gasteiger partial charge in [-0.05, 0) is 42.1 Å². The second-order valence-corrected chi connectivity index (χ2v) is 6.06. The van der Waals surface area contributed by atoms with Gasteiger partial charge in [-0.25, -0.2) is 0 Å². The van der Waals surface area contributed by atoms with E-state index in [-0.39, 0.29) is 5.12 Å². The average Bonchev–Trinajstić information content (AvgIpc) is 2.48. The minimum Gasteiger partial charge on any atom is -0.281 e. The van der Waals surface area contributed by atoms with E-state index < -0.39 is 0 Å². The first-order valence-corrected chi connectivity index (χ1v) is 7.67. The molecule has 1 aromatic heterocycles. The Labute approximate surface area is 129 Å². The summed E-state index contributed by atoms with van der Waals surface area (Å²) in [5.74, 6) is 0. The molecule has 1 heterocycles. The number of pyridine rings is 1. The second-order valence-electron chi connectivity index (χ2n) is 4.20. The van der Waals surface area contributed by atoms with E-state index in [0.29, 0.717) is 5.56 Å². The van der Waals surface area contributed by atoms with Gasteiger partial charge in [0, 0.05) is 26.5 Å². The molecule has 0 amide bonds. The summed E-state index contributed by atoms with van der Waals surface area (Å²) in [5.41, 5.74) is 1.58. The average molecular weight is 344 g/mol. The lowest BCUT2D eigenvalue weighted by Crippen LogP contribution is -1.94. The zero-order chi connectivity index (χ0) is 13.9. The SMILES string of the molecule is O=C(Sc1cccc2ncccc12)c1ccccc1Br. The number of nitrogens with zero attached hydrogens (tertiary/aromatic N) is 1. The third-order valence-corrected chi connectivity index (χ3v) is 4.57. The topological polar surface area (TPSA) is 30.0 Å². The standard InChI is InChI=1S/C16H10BrNOS/c17-13-7-2-1-5-11(13)16(19)20-15-9-3-8-14-12(15)6-4-10-18-14/h1-10H. The van der Waals surface area contributed by atoms with Crippen molar-refractivity contribution >= 4 is 43.7 Å². The van der Waals surface area contributed by atoms with E-state index >= 15 is 0 Å². The predicted molar refractivity (Wildman–Crippen MR) is 86.1 cm³/mol. The Morgan fingerprint density at radius 2 is 1.85 bits per heavy atom. The fourth-order valence-corrected chi connectivity index (χ4v) is 3.46. The molecule has 98 valence electrons. The molecule has 0 atom stereocenters. The smallest absolute Gasteiger partial charge is 0.225 e. The van der Waals surface area contributed by atoms with E-state index in [1.54, 1.807) is 6.20 Å². The van der Waals surface area contributed by atoms with E-state index in [2.05, 4.69) is 20.9 Å². The van der Waals surface area contributed by atoms with Gasteiger partial charge in [-0.15, -0.1) is 0 Å². The maximum absolute atomic E-state index is 12.4. The fraction of sp³-hybridized carbons (Fsp3) is 0. The zero-order valence-corrected chi connectivity index (χ0v) is 12.8. The molecule has 0 unspecified atom stereocenters. The van der Waals surface area contributed by atoms with Crippen LogP contribution in [0.5, 0.6) is 0 Å². The van der Waals surface area contributed by atoms with Gasteiger partial charge in [0.05, 0.1) is 5.52 Å². The van der Waals surface area contributed by atoms with Gasteiger partial charge in [0.1, 0.15) is 0 Å². The van der Waals surface area contributed by atoms with Crippen LogP contribution in [-0.4, -0.2) is 10.1 Å². The maximum Gasteiger partial charge on any atom is 0.225 e. The number of hydrogen-bond acceptors (Lipinski definition) is 3. The number of thioether (sulfide) groups is 1. The van der Waals surface area contributed by atoms with Gasteiger partial charge in [0.2, 0.25) is 5.12 Å². The monoisotopic (exact) mass is 343 g/mol. The molecule has 0 N–H and O–H groups in total. The molecule has 0 fully saturated rings. The molecule has 20 heavy (non-hydrogen) atoms. The quantitative estimate of drug-likeness (QED) is 0.618. The van der Waals surface area contributed by atoms with Crippen molar-refractivity contribution in [3.05, 3.63) is 70.8 Å². The van der Waals surface area contributed by atoms with Crippen molar-refractivity contribution in [2.45, 2.75) is 4.90 Å². The van der Waals surface area contributed by atoms with Crippen molar-refractivity contribution in [2.75, 3.05) is 0 Å². The minimum absolute atomic E-state index is 0.0221. The number of rotatable bonds is 2. The molecule has 0 aliphatic rings. The summed E-state index contributed by atoms with van der Waals surface area (Å²) >= 11 is 4.64. The van der Waals surface area contributed by atoms with Crippen LogP contribution in [0.1, 0.15) is 10.4 Å². The molecular weight excluding hydrogens is 334 g/mol. The Kier molecular flexibility index (Phi) is 3.85. The highest BCUT2D eigenvalue weighted by Gasteiger charge is 2.13. The van der Waals surface area contributed by atoms with Crippen molar-refractivity contribution in [1.82, 2.24) is 4.98 Å². The molecule has 0 aliphatic heterocycles. The molecule has 0 spiro atoms. The third kappa shape index (κ3) is 2.62. The van der Waals surface area contributed by atoms with Crippen molar-refractivity contribution in [1.29, 1.82) is 0 Å². The predicted octanol–water partition coefficient (Wildman–Crippen LogP) is 4.93. The lowest BCUT2D eigenvalue weighted by molar-refractivity contribution is 0.108. The Balaban J connectivity index is 1.98. The highest BCUT2D eigenvalue weighted by molar-refractivity contribution is 9.10. The third-order valence-electron chi connectivity index (χ3n) is 2.90. The van der Waals surface area contributed by atoms with Gasteiger partial charge < -0.3 is 0 Å². The molecule has 0 aliphatic carbocycles. The number of carbonyl (C=O) groups is 1. The van der Waals surface area contributed by atoms with Crippen LogP contribution in [0.2, 0.25) is 0 Å². The maximum atomic E-state index is 12.4. The number of hydrogen-bond donors (Lipinski definition) is 0. The summed E-state index contributed by atoms with van der Waals surface area (Å²) in [7, 11) is 0. The summed E-state index contributed by atoms with van der Waals surface area (Å²) in [4.78, 5) is 17.6. The van der Waals surface area contributed by atoms with Gasteiger partial charge >= 0.3 is 0 Å². The van der Waals surface area contributed by atoms with Crippen LogP contribution in [0.3, 0.4) is 0 Å². The van der Waals surface area contributed by atoms with Crippen molar-refractivity contribution in [3.63, 3.8) is 0 Å². The Hall–Kier alpha value is -1.65. The van der Waals surface area contributed by atoms with E-state index in [0.717, 1.165) is 20.3 Å². The Morgan fingerprint density at radius 3 is 2.70 bits per heavy atom. The largest absolute Gasteiger partial charge is 0.281 e. The van der Waals surface area contributed by atoms with Crippen LogP contribution in [-0.2, 0) is 0 Å². The molecule has 3 aromatic rings. The Morgan fingerprint density at radius 1 is 1.00 bits per heavy atom. The number of aromatic nitrogens is 1. The van der Waals surface area contributed by atoms with E-state index in [1.165, 1.54) is 11.8 Å². The summed E-state index contributed by atoms with van der Waals surface area (Å²) in [6.45, 7) is 0. The van der Waals surface area contributed by atoms with E-state index in [9.17, 15) is 4.79 Å². The first-order valence-electron chi connectivity index (χ1n) is 6.06. The molecule has 2 nitrogen and oxygen atoms in total. The van der Waals surface area contributed by atoms with Gasteiger partial charge in [-0.1, -0.05) is 40.2 Å². The highest BCUT2D eigenvalue weighted by atomic mass is 79.9. The number of carbonyl (C=O) groups excluding carboxylic acids is 1. The summed E-state index contributed by atoms with van der Waals surface area (Å²) in [6, 6.07) is 17.1. The zero-order valence-electron chi connectivity index (χ0n) is 10.4. The summed E-state index contributed by atoms with van der Waals surface area (Å²) in [6.07, 6.45) is 1.76. The lowest BCUT2D eigenvalue weighted by atomic mass is 10.2. The van der Waals surface area contributed by atoms with Crippen LogP contribution in [0.15, 0.2) is 70.2 Å². The molecule has 0 bridgehead atoms. The summed E-state index contributed by atoms with van der Waals surface area (Å²) in [5, 5.41) is 1.02. The molecule has 4 heteroatoms. The number of halogens is 1. The number of benzene rings is 2. The van der Waals surface area contributed by atoms with Crippen LogP contribution in [0.25, 0.3) is 10.9 Å². The first kappa shape index (κ1) is 13.3. The fourth-order valence-electron chi connectivity index (χ4n) is 1.95. The van der Waals surface area contributed by atoms with E-state index in [1.807, 2.05) is 54.6 Å². The molecular formula is C16H10BrNOS. The van der Waals surface area contributed by atoms with Gasteiger partial charge in [-0.3, -0.25) is 9.78 Å². The first-order chi connectivity index (χ1) is 9.75. The van der Waals surface area contributed by atoms with Gasteiger partial charge in [0.25, 0.3) is 0 Å². The molecule has 3 rings (SSSR count). The highest BCUT2D eigenvalue weighted by Crippen LogP contribution is 2.31. The minimum atomic E-state index is 0.0221. The molecule has 0 saturated heterocycles. The molecule has 0 radical (unpaired) electrons. The van der Waals surface area contributed by atoms with Crippen LogP contribution in [0, 0.1) is 0 Å². The normalized spacial score (nSPS) is 10.7. The Bertz CT molecular complexity index is 783. The van der Waals surface area contributed by atoms with Gasteiger partial charge in [0.15, 0.2) is 0 Å². The van der Waals surface area contributed by atoms with Crippen LogP contribution >= 0.6 is 27.7 Å². The van der Waals surface area contributed by atoms with Crippen molar-refractivity contribution in [2.24, 2.45) is 0 Å². The van der Waals surface area contributed by atoms with Crippen molar-refractivity contribution < 1.29 is 4.79 Å². The molecule has 0 saturated carbocycles. The lowest BCUT2D eigenvalue weighted by Gasteiger charge is -2.06. The van der Waals surface area contributed by atoms with Crippen LogP contribution < -0.4 is 0 Å². The van der Waals surface area contributed by atoms with Crippen LogP contribution in [0.4, 0.5) is 0 Å².